The Bertz CT molecular complexity index is 853. The highest BCUT2D eigenvalue weighted by molar-refractivity contribution is 8.76. The smallest absolute Gasteiger partial charge is 0.327 e. The van der Waals surface area contributed by atoms with Gasteiger partial charge in [-0.3, -0.25) is 9.59 Å². The molecule has 2 unspecified atom stereocenters. The molecule has 0 spiro atoms. The van der Waals surface area contributed by atoms with Crippen molar-refractivity contribution in [2.75, 3.05) is 11.5 Å². The van der Waals surface area contributed by atoms with E-state index in [1.54, 1.807) is 0 Å². The first-order chi connectivity index (χ1) is 18.1. The lowest BCUT2D eigenvalue weighted by Crippen LogP contribution is -2.56. The molecule has 0 aromatic rings. The van der Waals surface area contributed by atoms with E-state index in [4.69, 9.17) is 0 Å². The minimum atomic E-state index is -1.07. The van der Waals surface area contributed by atoms with Crippen LogP contribution in [0.2, 0.25) is 0 Å². The van der Waals surface area contributed by atoms with E-state index < -0.39 is 34.9 Å². The maximum atomic E-state index is 13.3. The van der Waals surface area contributed by atoms with Crippen LogP contribution >= 0.6 is 21.6 Å². The summed E-state index contributed by atoms with van der Waals surface area (Å²) in [6, 6.07) is -2.03. The van der Waals surface area contributed by atoms with Gasteiger partial charge in [-0.25, -0.2) is 9.59 Å². The van der Waals surface area contributed by atoms with Crippen LogP contribution in [0.1, 0.15) is 77.0 Å². The monoisotopic (exact) mass is 564 g/mol. The molecule has 0 saturated heterocycles. The van der Waals surface area contributed by atoms with E-state index in [0.717, 1.165) is 38.5 Å². The predicted octanol–water partition coefficient (Wildman–Crippen LogP) is 3.94. The fourth-order valence-corrected chi connectivity index (χ4v) is 12.3. The fraction of sp³-hybridized carbons (Fsp3) is 0.857. The molecule has 8 fully saturated rings. The number of rotatable bonds is 11. The van der Waals surface area contributed by atoms with Crippen molar-refractivity contribution in [2.45, 2.75) is 89.1 Å². The molecule has 0 radical (unpaired) electrons. The fourth-order valence-electron chi connectivity index (χ4n) is 9.98. The van der Waals surface area contributed by atoms with E-state index in [1.807, 2.05) is 0 Å². The third-order valence-corrected chi connectivity index (χ3v) is 13.2. The molecule has 2 atom stereocenters. The van der Waals surface area contributed by atoms with Crippen molar-refractivity contribution in [3.8, 4) is 0 Å². The molecule has 4 N–H and O–H groups in total. The zero-order valence-electron chi connectivity index (χ0n) is 21.9. The molecular weight excluding hydrogens is 524 g/mol. The minimum Gasteiger partial charge on any atom is -0.480 e. The first-order valence-electron chi connectivity index (χ1n) is 14.4. The normalized spacial score (nSPS) is 41.5. The van der Waals surface area contributed by atoms with E-state index in [9.17, 15) is 29.4 Å². The van der Waals surface area contributed by atoms with Crippen LogP contribution in [0.4, 0.5) is 0 Å². The van der Waals surface area contributed by atoms with E-state index in [1.165, 1.54) is 60.1 Å². The van der Waals surface area contributed by atoms with Crippen molar-refractivity contribution in [3.63, 3.8) is 0 Å². The Labute approximate surface area is 232 Å². The molecular formula is C28H40N2O6S2. The molecule has 210 valence electrons. The predicted molar refractivity (Wildman–Crippen MR) is 145 cm³/mol. The summed E-state index contributed by atoms with van der Waals surface area (Å²) in [6.07, 6.45) is 12.5. The van der Waals surface area contributed by atoms with Crippen LogP contribution < -0.4 is 10.6 Å². The summed E-state index contributed by atoms with van der Waals surface area (Å²) in [6.45, 7) is 0. The van der Waals surface area contributed by atoms with E-state index >= 15 is 0 Å². The van der Waals surface area contributed by atoms with Gasteiger partial charge in [-0.1, -0.05) is 21.6 Å². The summed E-state index contributed by atoms with van der Waals surface area (Å²) in [4.78, 5) is 50.5. The number of carboxylic acids is 2. The molecule has 8 saturated carbocycles. The van der Waals surface area contributed by atoms with Crippen molar-refractivity contribution >= 4 is 45.3 Å². The molecule has 0 aromatic heterocycles. The lowest BCUT2D eigenvalue weighted by atomic mass is 9.49. The second kappa shape index (κ2) is 10.2. The summed E-state index contributed by atoms with van der Waals surface area (Å²) in [7, 11) is 2.49. The van der Waals surface area contributed by atoms with Gasteiger partial charge in [0.15, 0.2) is 0 Å². The third kappa shape index (κ3) is 5.08. The molecule has 8 bridgehead atoms. The number of aliphatic carboxylic acids is 2. The molecule has 38 heavy (non-hydrogen) atoms. The van der Waals surface area contributed by atoms with Gasteiger partial charge in [-0.05, 0) is 113 Å². The zero-order chi connectivity index (χ0) is 26.7. The van der Waals surface area contributed by atoms with Gasteiger partial charge in [0.2, 0.25) is 11.8 Å². The Balaban J connectivity index is 0.996. The number of hydrogen-bond acceptors (Lipinski definition) is 6. The van der Waals surface area contributed by atoms with Gasteiger partial charge in [0.1, 0.15) is 12.1 Å². The van der Waals surface area contributed by atoms with Crippen molar-refractivity contribution < 1.29 is 29.4 Å². The van der Waals surface area contributed by atoms with Crippen LogP contribution in [0.5, 0.6) is 0 Å². The molecule has 0 heterocycles. The van der Waals surface area contributed by atoms with Gasteiger partial charge in [-0.2, -0.15) is 0 Å². The lowest BCUT2D eigenvalue weighted by Gasteiger charge is -2.55. The number of carboxylic acid groups (broad SMARTS) is 2. The Morgan fingerprint density at radius 1 is 0.579 bits per heavy atom. The highest BCUT2D eigenvalue weighted by atomic mass is 33.1. The van der Waals surface area contributed by atoms with Crippen LogP contribution in [0.3, 0.4) is 0 Å². The Kier molecular flexibility index (Phi) is 7.19. The Morgan fingerprint density at radius 2 is 0.842 bits per heavy atom. The zero-order valence-corrected chi connectivity index (χ0v) is 23.5. The summed E-state index contributed by atoms with van der Waals surface area (Å²) >= 11 is 0. The summed E-state index contributed by atoms with van der Waals surface area (Å²) in [5.41, 5.74) is -0.813. The summed E-state index contributed by atoms with van der Waals surface area (Å²) in [5, 5.41) is 25.2. The third-order valence-electron chi connectivity index (χ3n) is 10.8. The maximum absolute atomic E-state index is 13.3. The molecule has 0 aliphatic heterocycles. The number of amides is 2. The van der Waals surface area contributed by atoms with Crippen LogP contribution in [0.15, 0.2) is 0 Å². The van der Waals surface area contributed by atoms with Crippen molar-refractivity contribution in [1.29, 1.82) is 0 Å². The molecule has 10 heteroatoms. The average molecular weight is 565 g/mol. The molecule has 8 aliphatic rings. The van der Waals surface area contributed by atoms with E-state index in [-0.39, 0.29) is 23.3 Å². The highest BCUT2D eigenvalue weighted by Gasteiger charge is 2.56. The molecule has 0 aromatic carbocycles. The molecule has 8 nitrogen and oxygen atoms in total. The highest BCUT2D eigenvalue weighted by Crippen LogP contribution is 2.61. The molecule has 8 aliphatic carbocycles. The Hall–Kier alpha value is -1.42. The van der Waals surface area contributed by atoms with Gasteiger partial charge < -0.3 is 20.8 Å². The van der Waals surface area contributed by atoms with Crippen LogP contribution in [0.25, 0.3) is 0 Å². The van der Waals surface area contributed by atoms with Gasteiger partial charge in [-0.15, -0.1) is 0 Å². The average Bonchev–Trinajstić information content (AvgIpc) is 2.82. The minimum absolute atomic E-state index is 0.110. The lowest BCUT2D eigenvalue weighted by molar-refractivity contribution is -0.151. The first-order valence-corrected chi connectivity index (χ1v) is 16.9. The number of nitrogens with one attached hydrogen (secondary N) is 2. The quantitative estimate of drug-likeness (QED) is 0.219. The van der Waals surface area contributed by atoms with Crippen LogP contribution in [-0.4, -0.2) is 57.6 Å². The van der Waals surface area contributed by atoms with Crippen molar-refractivity contribution in [1.82, 2.24) is 10.6 Å². The summed E-state index contributed by atoms with van der Waals surface area (Å²) in [5.74, 6) is 1.53. The number of hydrogen-bond donors (Lipinski definition) is 4. The molecule has 2 amide bonds. The topological polar surface area (TPSA) is 133 Å². The van der Waals surface area contributed by atoms with Gasteiger partial charge in [0, 0.05) is 22.3 Å². The van der Waals surface area contributed by atoms with Crippen molar-refractivity contribution in [3.05, 3.63) is 0 Å². The maximum Gasteiger partial charge on any atom is 0.327 e. The second-order valence-electron chi connectivity index (χ2n) is 13.7. The van der Waals surface area contributed by atoms with E-state index in [2.05, 4.69) is 10.6 Å². The second-order valence-corrected chi connectivity index (χ2v) is 16.2. The Morgan fingerprint density at radius 3 is 1.08 bits per heavy atom. The van der Waals surface area contributed by atoms with Crippen LogP contribution in [-0.2, 0) is 19.2 Å². The number of carbonyl (C=O) groups excluding carboxylic acids is 2. The largest absolute Gasteiger partial charge is 0.480 e. The standard InChI is InChI=1S/C28H40N2O6S2/c31-23(32)21(29-25(35)27-7-15-1-16(8-27)3-17(2-15)9-27)13-37-38-14-22(24(33)34)30-26(36)28-10-18-4-19(11-28)6-20(5-18)12-28/h15-22H,1-14H2,(H,29,35)(H,30,36)(H,31,32)(H,33,34). The van der Waals surface area contributed by atoms with Gasteiger partial charge >= 0.3 is 11.9 Å². The van der Waals surface area contributed by atoms with Gasteiger partial charge in [0.25, 0.3) is 0 Å². The van der Waals surface area contributed by atoms with Crippen molar-refractivity contribution in [2.24, 2.45) is 46.3 Å². The first kappa shape index (κ1) is 26.8. The molecule has 8 rings (SSSR count). The van der Waals surface area contributed by atoms with Gasteiger partial charge in [0.05, 0.1) is 0 Å². The van der Waals surface area contributed by atoms with Crippen LogP contribution in [0, 0.1) is 46.3 Å². The summed E-state index contributed by atoms with van der Waals surface area (Å²) < 4.78 is 0. The SMILES string of the molecule is O=C(O)C(CSSCC(NC(=O)C12CC3CC(CC(C3)C1)C2)C(=O)O)NC(=O)C12CC3CC(CC(C3)C1)C2. The van der Waals surface area contributed by atoms with E-state index in [0.29, 0.717) is 35.5 Å². The number of carbonyl (C=O) groups is 4.